The molecule has 82 valence electrons. The van der Waals surface area contributed by atoms with Crippen molar-refractivity contribution in [2.45, 2.75) is 12.4 Å². The molecule has 3 heteroatoms. The number of hydrogen-bond donors (Lipinski definition) is 0. The van der Waals surface area contributed by atoms with Crippen LogP contribution < -0.4 is 5.56 Å². The number of alkyl halides is 1. The molecule has 1 aromatic heterocycles. The number of nitrogens with zero attached hydrogens (tertiary/aromatic N) is 1. The van der Waals surface area contributed by atoms with Crippen molar-refractivity contribution in [3.8, 4) is 0 Å². The first kappa shape index (κ1) is 11.0. The van der Waals surface area contributed by atoms with E-state index in [9.17, 15) is 4.79 Å². The van der Waals surface area contributed by atoms with Crippen molar-refractivity contribution in [1.82, 2.24) is 4.57 Å². The normalized spacial score (nSPS) is 10.3. The Kier molecular flexibility index (Phi) is 3.42. The van der Waals surface area contributed by atoms with Gasteiger partial charge in [0.25, 0.3) is 5.56 Å². The van der Waals surface area contributed by atoms with E-state index in [0.717, 1.165) is 11.1 Å². The summed E-state index contributed by atoms with van der Waals surface area (Å²) >= 11 is 5.71. The van der Waals surface area contributed by atoms with Gasteiger partial charge in [0.05, 0.1) is 6.54 Å². The molecule has 2 rings (SSSR count). The second kappa shape index (κ2) is 4.99. The molecule has 0 aliphatic heterocycles. The van der Waals surface area contributed by atoms with Crippen LogP contribution in [0.3, 0.4) is 0 Å². The Labute approximate surface area is 99.1 Å². The highest BCUT2D eigenvalue weighted by molar-refractivity contribution is 6.17. The molecule has 0 N–H and O–H groups in total. The van der Waals surface area contributed by atoms with E-state index in [0.29, 0.717) is 12.4 Å². The Hall–Kier alpha value is -1.54. The molecule has 1 aromatic carbocycles. The fraction of sp³-hybridized carbons (Fsp3) is 0.154. The first-order chi connectivity index (χ1) is 7.79. The number of halogens is 1. The van der Waals surface area contributed by atoms with Gasteiger partial charge in [-0.05, 0) is 17.2 Å². The average Bonchev–Trinajstić information content (AvgIpc) is 2.33. The predicted molar refractivity (Wildman–Crippen MR) is 65.8 cm³/mol. The lowest BCUT2D eigenvalue weighted by Crippen LogP contribution is -2.18. The summed E-state index contributed by atoms with van der Waals surface area (Å²) in [5.41, 5.74) is 2.21. The number of rotatable bonds is 3. The molecular weight excluding hydrogens is 222 g/mol. The first-order valence-corrected chi connectivity index (χ1v) is 5.62. The number of pyridine rings is 1. The molecule has 0 aliphatic rings. The van der Waals surface area contributed by atoms with Crippen molar-refractivity contribution in [1.29, 1.82) is 0 Å². The van der Waals surface area contributed by atoms with E-state index in [-0.39, 0.29) is 5.56 Å². The van der Waals surface area contributed by atoms with Gasteiger partial charge >= 0.3 is 0 Å². The largest absolute Gasteiger partial charge is 0.311 e. The fourth-order valence-corrected chi connectivity index (χ4v) is 1.70. The molecule has 2 nitrogen and oxygen atoms in total. The minimum absolute atomic E-state index is 0.0175. The van der Waals surface area contributed by atoms with E-state index >= 15 is 0 Å². The molecule has 0 fully saturated rings. The zero-order valence-corrected chi connectivity index (χ0v) is 9.52. The zero-order chi connectivity index (χ0) is 11.4. The van der Waals surface area contributed by atoms with Crippen LogP contribution in [0.2, 0.25) is 0 Å². The minimum Gasteiger partial charge on any atom is -0.311 e. The van der Waals surface area contributed by atoms with Crippen LogP contribution in [0.25, 0.3) is 0 Å². The highest BCUT2D eigenvalue weighted by Crippen LogP contribution is 2.07. The van der Waals surface area contributed by atoms with E-state index in [1.165, 1.54) is 0 Å². The van der Waals surface area contributed by atoms with Gasteiger partial charge in [-0.25, -0.2) is 0 Å². The standard InChI is InChI=1S/C13H12ClNO/c14-9-11-4-6-12(7-5-11)10-15-8-2-1-3-13(15)16/h1-8H,9-10H2. The highest BCUT2D eigenvalue weighted by atomic mass is 35.5. The van der Waals surface area contributed by atoms with Gasteiger partial charge in [0.2, 0.25) is 0 Å². The molecule has 1 heterocycles. The van der Waals surface area contributed by atoms with Gasteiger partial charge in [0.1, 0.15) is 0 Å². The van der Waals surface area contributed by atoms with Crippen LogP contribution in [0.5, 0.6) is 0 Å². The fourth-order valence-electron chi connectivity index (χ4n) is 1.52. The lowest BCUT2D eigenvalue weighted by atomic mass is 10.1. The second-order valence-electron chi connectivity index (χ2n) is 3.62. The number of hydrogen-bond acceptors (Lipinski definition) is 1. The van der Waals surface area contributed by atoms with Crippen LogP contribution in [0, 0.1) is 0 Å². The first-order valence-electron chi connectivity index (χ1n) is 5.09. The molecule has 0 amide bonds. The van der Waals surface area contributed by atoms with Crippen LogP contribution in [-0.2, 0) is 12.4 Å². The van der Waals surface area contributed by atoms with Gasteiger partial charge in [-0.2, -0.15) is 0 Å². The van der Waals surface area contributed by atoms with Gasteiger partial charge in [0, 0.05) is 18.1 Å². The summed E-state index contributed by atoms with van der Waals surface area (Å²) in [5, 5.41) is 0. The summed E-state index contributed by atoms with van der Waals surface area (Å²) in [6.45, 7) is 0.599. The van der Waals surface area contributed by atoms with Gasteiger partial charge < -0.3 is 4.57 Å². The van der Waals surface area contributed by atoms with Gasteiger partial charge in [-0.1, -0.05) is 30.3 Å². The topological polar surface area (TPSA) is 22.0 Å². The van der Waals surface area contributed by atoms with Crippen molar-refractivity contribution in [2.24, 2.45) is 0 Å². The van der Waals surface area contributed by atoms with Crippen molar-refractivity contribution in [3.05, 3.63) is 70.1 Å². The van der Waals surface area contributed by atoms with E-state index < -0.39 is 0 Å². The molecule has 16 heavy (non-hydrogen) atoms. The molecule has 0 atom stereocenters. The van der Waals surface area contributed by atoms with E-state index in [4.69, 9.17) is 11.6 Å². The van der Waals surface area contributed by atoms with Crippen LogP contribution in [0.15, 0.2) is 53.5 Å². The summed E-state index contributed by atoms with van der Waals surface area (Å²) in [6.07, 6.45) is 1.79. The smallest absolute Gasteiger partial charge is 0.250 e. The molecular formula is C13H12ClNO. The van der Waals surface area contributed by atoms with E-state index in [1.54, 1.807) is 22.9 Å². The molecule has 0 spiro atoms. The van der Waals surface area contributed by atoms with Gasteiger partial charge in [0.15, 0.2) is 0 Å². The number of benzene rings is 1. The monoisotopic (exact) mass is 233 g/mol. The molecule has 0 bridgehead atoms. The van der Waals surface area contributed by atoms with Gasteiger partial charge in [-0.15, -0.1) is 11.6 Å². The Balaban J connectivity index is 2.21. The summed E-state index contributed by atoms with van der Waals surface area (Å²) in [6, 6.07) is 13.1. The molecule has 0 aliphatic carbocycles. The van der Waals surface area contributed by atoms with Crippen LogP contribution in [-0.4, -0.2) is 4.57 Å². The van der Waals surface area contributed by atoms with Crippen molar-refractivity contribution >= 4 is 11.6 Å². The Morgan fingerprint density at radius 2 is 1.69 bits per heavy atom. The maximum Gasteiger partial charge on any atom is 0.250 e. The van der Waals surface area contributed by atoms with Crippen LogP contribution >= 0.6 is 11.6 Å². The van der Waals surface area contributed by atoms with Gasteiger partial charge in [-0.3, -0.25) is 4.79 Å². The summed E-state index contributed by atoms with van der Waals surface area (Å²) in [5.74, 6) is 0.519. The van der Waals surface area contributed by atoms with E-state index in [2.05, 4.69) is 0 Å². The summed E-state index contributed by atoms with van der Waals surface area (Å²) in [7, 11) is 0. The third-order valence-electron chi connectivity index (χ3n) is 2.43. The van der Waals surface area contributed by atoms with E-state index in [1.807, 2.05) is 30.3 Å². The Bertz CT molecular complexity index is 516. The summed E-state index contributed by atoms with van der Waals surface area (Å²) in [4.78, 5) is 11.5. The van der Waals surface area contributed by atoms with Crippen LogP contribution in [0.4, 0.5) is 0 Å². The second-order valence-corrected chi connectivity index (χ2v) is 3.88. The van der Waals surface area contributed by atoms with Crippen LogP contribution in [0.1, 0.15) is 11.1 Å². The Morgan fingerprint density at radius 3 is 2.31 bits per heavy atom. The van der Waals surface area contributed by atoms with Crippen molar-refractivity contribution in [2.75, 3.05) is 0 Å². The number of aromatic nitrogens is 1. The molecule has 0 saturated carbocycles. The lowest BCUT2D eigenvalue weighted by molar-refractivity contribution is 0.759. The highest BCUT2D eigenvalue weighted by Gasteiger charge is 1.97. The molecule has 0 unspecified atom stereocenters. The lowest BCUT2D eigenvalue weighted by Gasteiger charge is -2.05. The molecule has 0 radical (unpaired) electrons. The predicted octanol–water partition coefficient (Wildman–Crippen LogP) is 2.64. The third-order valence-corrected chi connectivity index (χ3v) is 2.74. The SMILES string of the molecule is O=c1ccccn1Cc1ccc(CCl)cc1. The Morgan fingerprint density at radius 1 is 1.00 bits per heavy atom. The third kappa shape index (κ3) is 2.52. The van der Waals surface area contributed by atoms with Crippen molar-refractivity contribution < 1.29 is 0 Å². The maximum absolute atomic E-state index is 11.5. The summed E-state index contributed by atoms with van der Waals surface area (Å²) < 4.78 is 1.68. The maximum atomic E-state index is 11.5. The molecule has 2 aromatic rings. The quantitative estimate of drug-likeness (QED) is 0.747. The minimum atomic E-state index is 0.0175. The van der Waals surface area contributed by atoms with Crippen molar-refractivity contribution in [3.63, 3.8) is 0 Å². The average molecular weight is 234 g/mol. The molecule has 0 saturated heterocycles. The zero-order valence-electron chi connectivity index (χ0n) is 8.77.